The van der Waals surface area contributed by atoms with Gasteiger partial charge in [-0.05, 0) is 51.9 Å². The fourth-order valence-corrected chi connectivity index (χ4v) is 2.69. The van der Waals surface area contributed by atoms with Crippen LogP contribution in [0.5, 0.6) is 0 Å². The molecule has 2 heterocycles. The Morgan fingerprint density at radius 3 is 3.00 bits per heavy atom. The molecule has 0 radical (unpaired) electrons. The largest absolute Gasteiger partial charge is 0.339 e. The SMILES string of the molecule is CN(C)CC(=O)N1CCC[C@H]1CCc1ccccn1. The second-order valence-corrected chi connectivity index (χ2v) is 5.48. The van der Waals surface area contributed by atoms with Crippen molar-refractivity contribution in [2.24, 2.45) is 0 Å². The van der Waals surface area contributed by atoms with Crippen LogP contribution in [-0.2, 0) is 11.2 Å². The molecule has 0 aromatic carbocycles. The number of rotatable bonds is 5. The maximum atomic E-state index is 12.1. The molecule has 4 nitrogen and oxygen atoms in total. The van der Waals surface area contributed by atoms with Crippen molar-refractivity contribution < 1.29 is 4.79 Å². The lowest BCUT2D eigenvalue weighted by atomic mass is 10.1. The predicted molar refractivity (Wildman–Crippen MR) is 75.8 cm³/mol. The molecule has 0 aliphatic carbocycles. The summed E-state index contributed by atoms with van der Waals surface area (Å²) in [7, 11) is 3.88. The number of nitrogens with zero attached hydrogens (tertiary/aromatic N) is 3. The summed E-state index contributed by atoms with van der Waals surface area (Å²) in [5.74, 6) is 0.258. The normalized spacial score (nSPS) is 19.1. The van der Waals surface area contributed by atoms with Crippen molar-refractivity contribution in [3.05, 3.63) is 30.1 Å². The fraction of sp³-hybridized carbons (Fsp3) is 0.600. The van der Waals surface area contributed by atoms with Crippen molar-refractivity contribution in [3.63, 3.8) is 0 Å². The van der Waals surface area contributed by atoms with E-state index < -0.39 is 0 Å². The Kier molecular flexibility index (Phi) is 4.91. The Labute approximate surface area is 115 Å². The first kappa shape index (κ1) is 14.0. The van der Waals surface area contributed by atoms with Crippen LogP contribution in [0.4, 0.5) is 0 Å². The Bertz CT molecular complexity index is 405. The molecule has 0 unspecified atom stereocenters. The highest BCUT2D eigenvalue weighted by Gasteiger charge is 2.28. The van der Waals surface area contributed by atoms with Crippen molar-refractivity contribution in [1.29, 1.82) is 0 Å². The molecule has 2 rings (SSSR count). The van der Waals surface area contributed by atoms with Crippen LogP contribution in [0.2, 0.25) is 0 Å². The van der Waals surface area contributed by atoms with Gasteiger partial charge in [0, 0.05) is 24.5 Å². The van der Waals surface area contributed by atoms with Gasteiger partial charge >= 0.3 is 0 Å². The highest BCUT2D eigenvalue weighted by molar-refractivity contribution is 5.78. The van der Waals surface area contributed by atoms with Crippen LogP contribution in [-0.4, -0.2) is 53.9 Å². The zero-order valence-corrected chi connectivity index (χ0v) is 11.9. The van der Waals surface area contributed by atoms with Gasteiger partial charge in [-0.2, -0.15) is 0 Å². The minimum Gasteiger partial charge on any atom is -0.339 e. The summed E-state index contributed by atoms with van der Waals surface area (Å²) in [5, 5.41) is 0. The van der Waals surface area contributed by atoms with Crippen molar-refractivity contribution >= 4 is 5.91 Å². The third-order valence-electron chi connectivity index (χ3n) is 3.61. The number of aryl methyl sites for hydroxylation is 1. The molecule has 1 aliphatic heterocycles. The van der Waals surface area contributed by atoms with Gasteiger partial charge in [0.25, 0.3) is 0 Å². The lowest BCUT2D eigenvalue weighted by Gasteiger charge is -2.26. The fourth-order valence-electron chi connectivity index (χ4n) is 2.69. The second-order valence-electron chi connectivity index (χ2n) is 5.48. The number of amides is 1. The summed E-state index contributed by atoms with van der Waals surface area (Å²) in [5.41, 5.74) is 1.12. The van der Waals surface area contributed by atoms with Crippen molar-refractivity contribution in [2.75, 3.05) is 27.2 Å². The number of carbonyl (C=O) groups is 1. The average Bonchev–Trinajstić information content (AvgIpc) is 2.85. The Morgan fingerprint density at radius 2 is 2.32 bits per heavy atom. The number of aromatic nitrogens is 1. The molecule has 19 heavy (non-hydrogen) atoms. The molecule has 1 atom stereocenters. The van der Waals surface area contributed by atoms with Crippen LogP contribution >= 0.6 is 0 Å². The smallest absolute Gasteiger partial charge is 0.236 e. The minimum absolute atomic E-state index is 0.258. The van der Waals surface area contributed by atoms with Gasteiger partial charge in [0.05, 0.1) is 6.54 Å². The summed E-state index contributed by atoms with van der Waals surface area (Å²) in [6, 6.07) is 6.41. The molecule has 1 saturated heterocycles. The van der Waals surface area contributed by atoms with Gasteiger partial charge in [-0.15, -0.1) is 0 Å². The molecule has 1 amide bonds. The highest BCUT2D eigenvalue weighted by atomic mass is 16.2. The lowest BCUT2D eigenvalue weighted by molar-refractivity contribution is -0.132. The lowest BCUT2D eigenvalue weighted by Crippen LogP contribution is -2.41. The minimum atomic E-state index is 0.258. The van der Waals surface area contributed by atoms with E-state index in [2.05, 4.69) is 16.0 Å². The van der Waals surface area contributed by atoms with Crippen LogP contribution < -0.4 is 0 Å². The zero-order chi connectivity index (χ0) is 13.7. The van der Waals surface area contributed by atoms with Crippen LogP contribution in [0.25, 0.3) is 0 Å². The van der Waals surface area contributed by atoms with Crippen molar-refractivity contribution in [2.45, 2.75) is 31.7 Å². The molecule has 0 N–H and O–H groups in total. The van der Waals surface area contributed by atoms with Crippen LogP contribution in [0, 0.1) is 0 Å². The van der Waals surface area contributed by atoms with E-state index >= 15 is 0 Å². The molecule has 1 aliphatic rings. The molecule has 104 valence electrons. The zero-order valence-electron chi connectivity index (χ0n) is 11.9. The molecule has 1 aromatic heterocycles. The molecular formula is C15H23N3O. The van der Waals surface area contributed by atoms with Gasteiger partial charge in [0.15, 0.2) is 0 Å². The average molecular weight is 261 g/mol. The van der Waals surface area contributed by atoms with E-state index in [-0.39, 0.29) is 5.91 Å². The van der Waals surface area contributed by atoms with E-state index in [9.17, 15) is 4.79 Å². The van der Waals surface area contributed by atoms with Gasteiger partial charge in [0.2, 0.25) is 5.91 Å². The van der Waals surface area contributed by atoms with Crippen LogP contribution in [0.15, 0.2) is 24.4 Å². The quantitative estimate of drug-likeness (QED) is 0.807. The summed E-state index contributed by atoms with van der Waals surface area (Å²) in [6.07, 6.45) is 6.07. The Balaban J connectivity index is 1.87. The number of likely N-dealkylation sites (tertiary alicyclic amines) is 1. The number of pyridine rings is 1. The van der Waals surface area contributed by atoms with Crippen molar-refractivity contribution in [1.82, 2.24) is 14.8 Å². The third kappa shape index (κ3) is 4.03. The van der Waals surface area contributed by atoms with E-state index in [4.69, 9.17) is 0 Å². The molecule has 0 spiro atoms. The van der Waals surface area contributed by atoms with Gasteiger partial charge in [0.1, 0.15) is 0 Å². The third-order valence-corrected chi connectivity index (χ3v) is 3.61. The highest BCUT2D eigenvalue weighted by Crippen LogP contribution is 2.21. The number of hydrogen-bond acceptors (Lipinski definition) is 3. The second kappa shape index (κ2) is 6.66. The Hall–Kier alpha value is -1.42. The van der Waals surface area contributed by atoms with Gasteiger partial charge in [-0.1, -0.05) is 6.07 Å². The summed E-state index contributed by atoms with van der Waals surface area (Å²) >= 11 is 0. The van der Waals surface area contributed by atoms with Crippen LogP contribution in [0.1, 0.15) is 25.0 Å². The summed E-state index contributed by atoms with van der Waals surface area (Å²) < 4.78 is 0. The summed E-state index contributed by atoms with van der Waals surface area (Å²) in [6.45, 7) is 1.43. The topological polar surface area (TPSA) is 36.4 Å². The first-order valence-electron chi connectivity index (χ1n) is 7.01. The van der Waals surface area contributed by atoms with E-state index in [1.54, 1.807) is 0 Å². The van der Waals surface area contributed by atoms with E-state index in [0.717, 1.165) is 37.9 Å². The maximum Gasteiger partial charge on any atom is 0.236 e. The molecule has 0 bridgehead atoms. The number of hydrogen-bond donors (Lipinski definition) is 0. The first-order valence-corrected chi connectivity index (χ1v) is 7.01. The molecule has 4 heteroatoms. The first-order chi connectivity index (χ1) is 9.16. The summed E-state index contributed by atoms with van der Waals surface area (Å²) in [4.78, 5) is 20.5. The Morgan fingerprint density at radius 1 is 1.47 bits per heavy atom. The maximum absolute atomic E-state index is 12.1. The van der Waals surface area contributed by atoms with Gasteiger partial charge < -0.3 is 9.80 Å². The molecular weight excluding hydrogens is 238 g/mol. The van der Waals surface area contributed by atoms with E-state index in [0.29, 0.717) is 12.6 Å². The van der Waals surface area contributed by atoms with E-state index in [1.165, 1.54) is 0 Å². The monoisotopic (exact) mass is 261 g/mol. The van der Waals surface area contributed by atoms with Gasteiger partial charge in [-0.25, -0.2) is 0 Å². The van der Waals surface area contributed by atoms with E-state index in [1.807, 2.05) is 37.3 Å². The number of carbonyl (C=O) groups excluding carboxylic acids is 1. The molecule has 0 saturated carbocycles. The number of likely N-dealkylation sites (N-methyl/N-ethyl adjacent to an activating group) is 1. The van der Waals surface area contributed by atoms with Gasteiger partial charge in [-0.3, -0.25) is 9.78 Å². The molecule has 1 fully saturated rings. The standard InChI is InChI=1S/C15H23N3O/c1-17(2)12-15(19)18-11-5-7-14(18)9-8-13-6-3-4-10-16-13/h3-4,6,10,14H,5,7-9,11-12H2,1-2H3/t14-/m0/s1. The van der Waals surface area contributed by atoms with Crippen molar-refractivity contribution in [3.8, 4) is 0 Å². The van der Waals surface area contributed by atoms with Crippen LogP contribution in [0.3, 0.4) is 0 Å². The molecule has 1 aromatic rings. The predicted octanol–water partition coefficient (Wildman–Crippen LogP) is 1.57.